The molecule has 0 saturated carbocycles. The number of phosphoric ester groups is 4. The molecule has 0 aliphatic carbocycles. The van der Waals surface area contributed by atoms with E-state index in [1.54, 1.807) is 114 Å². The van der Waals surface area contributed by atoms with Crippen molar-refractivity contribution >= 4 is 69.2 Å². The molecule has 5 N–H and O–H groups in total. The van der Waals surface area contributed by atoms with Crippen LogP contribution in [-0.4, -0.2) is 92.6 Å². The first kappa shape index (κ1) is 84.1. The largest absolute Gasteiger partial charge is 0.518 e. The maximum absolute atomic E-state index is 12.9. The number of carbonyl (C=O) groups is 5. The molecule has 0 aromatic heterocycles. The smallest absolute Gasteiger partial charge is 0.481 e. The summed E-state index contributed by atoms with van der Waals surface area (Å²) in [6.45, 7) is 17.1. The lowest BCUT2D eigenvalue weighted by Crippen LogP contribution is -2.27. The van der Waals surface area contributed by atoms with Gasteiger partial charge in [-0.05, 0) is 113 Å². The van der Waals surface area contributed by atoms with E-state index >= 15 is 0 Å². The van der Waals surface area contributed by atoms with E-state index < -0.39 is 129 Å². The number of benzene rings is 5. The summed E-state index contributed by atoms with van der Waals surface area (Å²) in [7, 11) is -19.5. The van der Waals surface area contributed by atoms with Gasteiger partial charge in [0.2, 0.25) is 6.79 Å². The first-order valence-corrected chi connectivity index (χ1v) is 36.6. The van der Waals surface area contributed by atoms with Gasteiger partial charge in [0.25, 0.3) is 0 Å². The van der Waals surface area contributed by atoms with Crippen LogP contribution in [-0.2, 0) is 135 Å². The van der Waals surface area contributed by atoms with Crippen LogP contribution >= 0.6 is 39.3 Å². The summed E-state index contributed by atoms with van der Waals surface area (Å²) in [5, 5.41) is 17.5. The van der Waals surface area contributed by atoms with Gasteiger partial charge < -0.3 is 39.1 Å². The second-order valence-electron chi connectivity index (χ2n) is 21.8. The minimum absolute atomic E-state index is 0.0547. The van der Waals surface area contributed by atoms with Gasteiger partial charge in [0.15, 0.2) is 6.66 Å². The van der Waals surface area contributed by atoms with Crippen LogP contribution in [0.4, 0.5) is 0 Å². The third-order valence-electron chi connectivity index (χ3n) is 12.9. The highest BCUT2D eigenvalue weighted by Gasteiger charge is 2.41. The van der Waals surface area contributed by atoms with Crippen molar-refractivity contribution in [3.05, 3.63) is 179 Å². The van der Waals surface area contributed by atoms with Crippen molar-refractivity contribution < 1.29 is 126 Å². The summed E-state index contributed by atoms with van der Waals surface area (Å²) in [5.74, 6) is -7.26. The normalized spacial score (nSPS) is 16.5. The highest BCUT2D eigenvalue weighted by molar-refractivity contribution is 7.58. The van der Waals surface area contributed by atoms with E-state index in [0.717, 1.165) is 27.8 Å². The lowest BCUT2D eigenvalue weighted by molar-refractivity contribution is -0.161. The molecule has 94 heavy (non-hydrogen) atoms. The Labute approximate surface area is 548 Å². The van der Waals surface area contributed by atoms with Gasteiger partial charge in [-0.3, -0.25) is 55.6 Å². The van der Waals surface area contributed by atoms with Crippen LogP contribution in [0.15, 0.2) is 152 Å². The number of carbonyl (C=O) groups excluding carboxylic acids is 3. The Morgan fingerprint density at radius 1 is 0.404 bits per heavy atom. The Kier molecular flexibility index (Phi) is 37.4. The Hall–Kier alpha value is -6.01. The number of esters is 3. The van der Waals surface area contributed by atoms with Gasteiger partial charge in [0.05, 0.1) is 73.3 Å². The average Bonchev–Trinajstić information content (AvgIpc) is 1.19. The minimum Gasteiger partial charge on any atom is -0.481 e. The van der Waals surface area contributed by atoms with E-state index in [-0.39, 0.29) is 33.0 Å². The predicted molar refractivity (Wildman–Crippen MR) is 343 cm³/mol. The van der Waals surface area contributed by atoms with E-state index in [4.69, 9.17) is 51.1 Å². The number of hydrogen-bond donors (Lipinski definition) is 5. The molecule has 0 spiro atoms. The molecule has 5 aromatic carbocycles. The molecule has 0 aliphatic heterocycles. The fraction of sp³-hybridized carbons (Fsp3) is 0.435. The molecule has 5 aromatic rings. The Balaban J connectivity index is 0.000000433. The molecule has 13 atom stereocenters. The number of ether oxygens (including phenoxy) is 3. The van der Waals surface area contributed by atoms with Crippen molar-refractivity contribution in [1.29, 1.82) is 0 Å². The summed E-state index contributed by atoms with van der Waals surface area (Å²) < 4.78 is 119. The van der Waals surface area contributed by atoms with Gasteiger partial charge >= 0.3 is 69.2 Å². The average molecular weight is 1420 g/mol. The number of phosphoric acid groups is 4. The van der Waals surface area contributed by atoms with Crippen LogP contribution in [0, 0.1) is 29.1 Å². The van der Waals surface area contributed by atoms with Crippen molar-refractivity contribution in [1.82, 2.24) is 0 Å². The molecular formula is C62H86O27P5+. The molecule has 5 unspecified atom stereocenters. The third-order valence-corrected chi connectivity index (χ3v) is 18.8. The van der Waals surface area contributed by atoms with Crippen LogP contribution < -0.4 is 0 Å². The van der Waals surface area contributed by atoms with E-state index in [9.17, 15) is 61.5 Å². The molecule has 0 heterocycles. The number of carboxylic acid groups (broad SMARTS) is 2. The van der Waals surface area contributed by atoms with Crippen LogP contribution in [0.3, 0.4) is 0 Å². The maximum Gasteiger partial charge on any atom is 0.518 e. The monoisotopic (exact) mass is 1420 g/mol. The molecular weight excluding hydrogens is 1330 g/mol. The van der Waals surface area contributed by atoms with Gasteiger partial charge in [0.1, 0.15) is 13.2 Å². The molecule has 0 fully saturated rings. The summed E-state index contributed by atoms with van der Waals surface area (Å²) in [4.78, 5) is 85.9. The topological polar surface area (TPSA) is 383 Å². The van der Waals surface area contributed by atoms with Crippen molar-refractivity contribution in [3.8, 4) is 0 Å². The first-order chi connectivity index (χ1) is 43.8. The quantitative estimate of drug-likeness (QED) is 0.0110. The maximum atomic E-state index is 12.9. The zero-order valence-electron chi connectivity index (χ0n) is 54.2. The number of rotatable bonds is 34. The van der Waals surface area contributed by atoms with E-state index in [0.29, 0.717) is 0 Å². The highest BCUT2D eigenvalue weighted by Crippen LogP contribution is 2.58. The third kappa shape index (κ3) is 35.7. The molecule has 0 bridgehead atoms. The summed E-state index contributed by atoms with van der Waals surface area (Å²) in [5.41, 5.74) is 3.15. The van der Waals surface area contributed by atoms with Crippen molar-refractivity contribution in [2.24, 2.45) is 29.1 Å². The predicted octanol–water partition coefficient (Wildman–Crippen LogP) is 13.8. The fourth-order valence-corrected chi connectivity index (χ4v) is 11.8. The second kappa shape index (κ2) is 41.8. The van der Waals surface area contributed by atoms with Gasteiger partial charge in [0, 0.05) is 0 Å². The van der Waals surface area contributed by atoms with Gasteiger partial charge in [-0.15, -0.1) is 0 Å². The first-order valence-electron chi connectivity index (χ1n) is 29.0. The van der Waals surface area contributed by atoms with Gasteiger partial charge in [-0.1, -0.05) is 152 Å². The second-order valence-corrected chi connectivity index (χ2v) is 29.0. The zero-order chi connectivity index (χ0) is 70.9. The minimum atomic E-state index is -4.49. The molecule has 5 rings (SSSR count). The Bertz CT molecular complexity index is 3290. The molecule has 32 heteroatoms. The number of aliphatic carboxylic acids is 2. The van der Waals surface area contributed by atoms with Crippen LogP contribution in [0.2, 0.25) is 0 Å². The van der Waals surface area contributed by atoms with E-state index in [1.807, 2.05) is 78.9 Å². The Morgan fingerprint density at radius 2 is 0.670 bits per heavy atom. The summed E-state index contributed by atoms with van der Waals surface area (Å²) in [6, 6.07) is 45.4. The lowest BCUT2D eigenvalue weighted by atomic mass is 9.98. The molecule has 0 radical (unpaired) electrons. The highest BCUT2D eigenvalue weighted by atomic mass is 31.2. The molecule has 27 nitrogen and oxygen atoms in total. The summed E-state index contributed by atoms with van der Waals surface area (Å²) >= 11 is 0. The van der Waals surface area contributed by atoms with Crippen LogP contribution in [0.5, 0.6) is 0 Å². The van der Waals surface area contributed by atoms with Gasteiger partial charge in [-0.25, -0.2) is 22.8 Å². The van der Waals surface area contributed by atoms with E-state index in [1.165, 1.54) is 41.3 Å². The van der Waals surface area contributed by atoms with Crippen molar-refractivity contribution in [2.75, 3.05) is 13.5 Å². The number of hydrogen-bond acceptors (Lipinski definition) is 22. The van der Waals surface area contributed by atoms with Crippen molar-refractivity contribution in [3.63, 3.8) is 0 Å². The lowest BCUT2D eigenvalue weighted by Gasteiger charge is -2.22. The molecule has 520 valence electrons. The fourth-order valence-electron chi connectivity index (χ4n) is 6.56. The Morgan fingerprint density at radius 3 is 0.957 bits per heavy atom. The number of carboxylic acids is 2. The van der Waals surface area contributed by atoms with E-state index in [2.05, 4.69) is 13.8 Å². The van der Waals surface area contributed by atoms with Gasteiger partial charge in [-0.2, -0.15) is 0 Å². The zero-order valence-corrected chi connectivity index (χ0v) is 58.7. The summed E-state index contributed by atoms with van der Waals surface area (Å²) in [6.07, 6.45) is -3.66. The molecule has 0 saturated heterocycles. The SMILES string of the molecule is C[C@H](C(=O)O)[C@@H](C)OP(=O)(O)OCOC(=O)C(C)(C)C.C[C@H](C(=O)O)[C@@H](C)OP(=O)(O)OCc1ccccc1.C[C@H](C(=O)OCc1ccccc1)[C@@H](C)OP(=O)(O)OCc1ccccc1.C[C@H](C(=O)OCc1ccccc1)[C@@H](C)OP(=O)(OCc1ccccc1)O[P+](C)=O. The van der Waals surface area contributed by atoms with Crippen LogP contribution in [0.1, 0.15) is 104 Å². The van der Waals surface area contributed by atoms with Crippen molar-refractivity contribution in [2.45, 2.75) is 134 Å². The van der Waals surface area contributed by atoms with Crippen LogP contribution in [0.25, 0.3) is 0 Å². The standard InChI is InChI=1S/C20H25O7P2.C19H23O6P.C12H17O6P.C11H21O8P/c1-16(20(21)24-14-18-10-6-4-7-11-18)17(2)26-29(23,27-28(3)22)25-15-19-12-8-5-9-13-19;1-15(19(20)23-13-17-9-5-3-6-10-17)16(2)25-26(21,22)24-14-18-11-7-4-8-12-18;1-9(12(13)14)10(2)18-19(15,16)17-8-11-6-4-3-5-7-11;1-7(9(12)13)8(2)19-20(15,16)18-6-17-10(14)11(3,4)5/h4-13,16-17H,14-15H2,1-3H3;3-12,15-16H,13-14H2,1-2H3,(H,21,22);3-7,9-10H,8H2,1-2H3,(H,13,14)(H,15,16);7-8H,6H2,1-5H3,(H,12,13)(H,15,16)/q+1;;;/t16-,17+,29?;15-,16+;9-,10+;7-,8+/m0000/s1. The molecule has 0 aliphatic rings. The molecule has 0 amide bonds.